The molecular weight excluding hydrogens is 252 g/mol. The quantitative estimate of drug-likeness (QED) is 0.456. The summed E-state index contributed by atoms with van der Waals surface area (Å²) in [6, 6.07) is -1.41. The lowest BCUT2D eigenvalue weighted by atomic mass is 10.1. The number of carbonyl (C=O) groups is 3. The molecule has 0 bridgehead atoms. The third kappa shape index (κ3) is 6.19. The Morgan fingerprint density at radius 2 is 1.53 bits per heavy atom. The van der Waals surface area contributed by atoms with E-state index in [1.807, 2.05) is 0 Å². The molecule has 0 aliphatic heterocycles. The first-order valence-electron chi connectivity index (χ1n) is 6.26. The van der Waals surface area contributed by atoms with E-state index in [2.05, 4.69) is 10.6 Å². The van der Waals surface area contributed by atoms with Crippen LogP contribution in [0.2, 0.25) is 0 Å². The summed E-state index contributed by atoms with van der Waals surface area (Å²) in [5.41, 5.74) is 0. The number of hydrogen-bond acceptors (Lipinski definition) is 6. The van der Waals surface area contributed by atoms with Crippen molar-refractivity contribution in [3.63, 3.8) is 0 Å². The summed E-state index contributed by atoms with van der Waals surface area (Å²) in [5.74, 6) is -2.42. The molecule has 110 valence electrons. The number of rotatable bonds is 8. The smallest absolute Gasteiger partial charge is 0.340 e. The zero-order chi connectivity index (χ0) is 14.8. The van der Waals surface area contributed by atoms with Crippen LogP contribution in [0.3, 0.4) is 0 Å². The summed E-state index contributed by atoms with van der Waals surface area (Å²) >= 11 is 0. The Kier molecular flexibility index (Phi) is 8.52. The molecule has 0 rings (SSSR count). The Balaban J connectivity index is 4.70. The van der Waals surface area contributed by atoms with Gasteiger partial charge in [0.2, 0.25) is 11.9 Å². The predicted octanol–water partition coefficient (Wildman–Crippen LogP) is -0.547. The molecule has 1 unspecified atom stereocenters. The first-order chi connectivity index (χ1) is 8.97. The van der Waals surface area contributed by atoms with Crippen LogP contribution in [0.15, 0.2) is 0 Å². The third-order valence-corrected chi connectivity index (χ3v) is 2.29. The molecule has 0 heterocycles. The van der Waals surface area contributed by atoms with Gasteiger partial charge in [0.25, 0.3) is 0 Å². The minimum Gasteiger partial charge on any atom is -0.464 e. The number of hydrogen-bond donors (Lipinski definition) is 2. The molecule has 1 atom stereocenters. The third-order valence-electron chi connectivity index (χ3n) is 2.29. The van der Waals surface area contributed by atoms with Crippen molar-refractivity contribution in [2.75, 3.05) is 26.8 Å². The highest BCUT2D eigenvalue weighted by atomic mass is 16.6. The zero-order valence-electron chi connectivity index (χ0n) is 11.8. The highest BCUT2D eigenvalue weighted by Gasteiger charge is 2.32. The lowest BCUT2D eigenvalue weighted by Crippen LogP contribution is -2.50. The van der Waals surface area contributed by atoms with Crippen molar-refractivity contribution in [1.82, 2.24) is 10.6 Å². The van der Waals surface area contributed by atoms with E-state index in [0.717, 1.165) is 0 Å². The minimum absolute atomic E-state index is 0.122. The Bertz CT molecular complexity index is 301. The van der Waals surface area contributed by atoms with Crippen LogP contribution in [-0.4, -0.2) is 50.7 Å². The molecule has 0 spiro atoms. The predicted molar refractivity (Wildman–Crippen MR) is 68.3 cm³/mol. The zero-order valence-corrected chi connectivity index (χ0v) is 11.8. The van der Waals surface area contributed by atoms with Gasteiger partial charge in [-0.05, 0) is 20.9 Å². The minimum atomic E-state index is -1.41. The number of carbonyl (C=O) groups excluding carboxylic acids is 3. The maximum absolute atomic E-state index is 11.8. The molecule has 0 fully saturated rings. The van der Waals surface area contributed by atoms with E-state index in [4.69, 9.17) is 9.47 Å². The standard InChI is InChI=1S/C12H22N2O5/c1-5-18-11(16)9(12(17)19-6-2)14-10(15)8(3)7-13-4/h8-9,13H,5-7H2,1-4H3,(H,14,15). The summed E-state index contributed by atoms with van der Waals surface area (Å²) in [4.78, 5) is 35.0. The van der Waals surface area contributed by atoms with Gasteiger partial charge in [-0.15, -0.1) is 0 Å². The van der Waals surface area contributed by atoms with Gasteiger partial charge in [-0.25, -0.2) is 9.59 Å². The molecular formula is C12H22N2O5. The first kappa shape index (κ1) is 17.4. The fourth-order valence-corrected chi connectivity index (χ4v) is 1.35. The van der Waals surface area contributed by atoms with Gasteiger partial charge in [0.05, 0.1) is 13.2 Å². The summed E-state index contributed by atoms with van der Waals surface area (Å²) < 4.78 is 9.48. The van der Waals surface area contributed by atoms with Crippen LogP contribution in [0.1, 0.15) is 20.8 Å². The lowest BCUT2D eigenvalue weighted by Gasteiger charge is -2.18. The highest BCUT2D eigenvalue weighted by molar-refractivity contribution is 6.02. The Labute approximate surface area is 113 Å². The van der Waals surface area contributed by atoms with Gasteiger partial charge in [0, 0.05) is 12.5 Å². The van der Waals surface area contributed by atoms with Crippen LogP contribution < -0.4 is 10.6 Å². The van der Waals surface area contributed by atoms with Crippen molar-refractivity contribution < 1.29 is 23.9 Å². The molecule has 7 nitrogen and oxygen atoms in total. The molecule has 2 N–H and O–H groups in total. The SMILES string of the molecule is CCOC(=O)C(NC(=O)C(C)CNC)C(=O)OCC. The average molecular weight is 274 g/mol. The van der Waals surface area contributed by atoms with Crippen LogP contribution in [0.5, 0.6) is 0 Å². The summed E-state index contributed by atoms with van der Waals surface area (Å²) in [6.07, 6.45) is 0. The van der Waals surface area contributed by atoms with Crippen molar-refractivity contribution in [1.29, 1.82) is 0 Å². The van der Waals surface area contributed by atoms with E-state index in [9.17, 15) is 14.4 Å². The van der Waals surface area contributed by atoms with E-state index in [-0.39, 0.29) is 19.1 Å². The van der Waals surface area contributed by atoms with E-state index in [1.165, 1.54) is 0 Å². The van der Waals surface area contributed by atoms with Gasteiger partial charge < -0.3 is 20.1 Å². The molecule has 7 heteroatoms. The normalized spacial score (nSPS) is 11.8. The Hall–Kier alpha value is -1.63. The monoisotopic (exact) mass is 274 g/mol. The maximum atomic E-state index is 11.8. The molecule has 0 saturated carbocycles. The van der Waals surface area contributed by atoms with Crippen molar-refractivity contribution in [3.8, 4) is 0 Å². The molecule has 0 aromatic heterocycles. The van der Waals surface area contributed by atoms with Crippen LogP contribution in [0.25, 0.3) is 0 Å². The number of amides is 1. The largest absolute Gasteiger partial charge is 0.464 e. The molecule has 0 aromatic rings. The molecule has 0 saturated heterocycles. The van der Waals surface area contributed by atoms with Gasteiger partial charge in [-0.3, -0.25) is 4.79 Å². The van der Waals surface area contributed by atoms with Crippen molar-refractivity contribution >= 4 is 17.8 Å². The van der Waals surface area contributed by atoms with Gasteiger partial charge in [-0.2, -0.15) is 0 Å². The van der Waals surface area contributed by atoms with Crippen molar-refractivity contribution in [3.05, 3.63) is 0 Å². The fourth-order valence-electron chi connectivity index (χ4n) is 1.35. The fraction of sp³-hybridized carbons (Fsp3) is 0.750. The second-order valence-corrected chi connectivity index (χ2v) is 3.90. The molecule has 19 heavy (non-hydrogen) atoms. The van der Waals surface area contributed by atoms with Crippen molar-refractivity contribution in [2.45, 2.75) is 26.8 Å². The van der Waals surface area contributed by atoms with E-state index >= 15 is 0 Å². The second-order valence-electron chi connectivity index (χ2n) is 3.90. The molecule has 0 radical (unpaired) electrons. The Morgan fingerprint density at radius 1 is 1.05 bits per heavy atom. The molecule has 0 aliphatic carbocycles. The summed E-state index contributed by atoms with van der Waals surface area (Å²) in [7, 11) is 1.71. The number of nitrogens with one attached hydrogen (secondary N) is 2. The molecule has 0 aliphatic rings. The molecule has 1 amide bonds. The van der Waals surface area contributed by atoms with Crippen LogP contribution in [0, 0.1) is 5.92 Å². The Morgan fingerprint density at radius 3 is 1.89 bits per heavy atom. The highest BCUT2D eigenvalue weighted by Crippen LogP contribution is 1.99. The first-order valence-corrected chi connectivity index (χ1v) is 6.26. The van der Waals surface area contributed by atoms with Crippen LogP contribution >= 0.6 is 0 Å². The molecule has 0 aromatic carbocycles. The lowest BCUT2D eigenvalue weighted by molar-refractivity contribution is -0.159. The van der Waals surface area contributed by atoms with Gasteiger partial charge >= 0.3 is 11.9 Å². The maximum Gasteiger partial charge on any atom is 0.340 e. The van der Waals surface area contributed by atoms with Crippen LogP contribution in [-0.2, 0) is 23.9 Å². The second kappa shape index (κ2) is 9.32. The average Bonchev–Trinajstić information content (AvgIpc) is 2.36. The number of esters is 2. The van der Waals surface area contributed by atoms with Gasteiger partial charge in [0.1, 0.15) is 0 Å². The summed E-state index contributed by atoms with van der Waals surface area (Å²) in [5, 5.41) is 5.18. The van der Waals surface area contributed by atoms with E-state index < -0.39 is 23.9 Å². The van der Waals surface area contributed by atoms with Gasteiger partial charge in [-0.1, -0.05) is 6.92 Å². The van der Waals surface area contributed by atoms with Gasteiger partial charge in [0.15, 0.2) is 0 Å². The van der Waals surface area contributed by atoms with Crippen LogP contribution in [0.4, 0.5) is 0 Å². The summed E-state index contributed by atoms with van der Waals surface area (Å²) in [6.45, 7) is 5.59. The van der Waals surface area contributed by atoms with E-state index in [0.29, 0.717) is 6.54 Å². The van der Waals surface area contributed by atoms with Crippen molar-refractivity contribution in [2.24, 2.45) is 5.92 Å². The topological polar surface area (TPSA) is 93.7 Å². The number of ether oxygens (including phenoxy) is 2. The van der Waals surface area contributed by atoms with E-state index in [1.54, 1.807) is 27.8 Å².